The number of nitrogens with one attached hydrogen (secondary N) is 1. The van der Waals surface area contributed by atoms with E-state index < -0.39 is 44.2 Å². The summed E-state index contributed by atoms with van der Waals surface area (Å²) in [6.07, 6.45) is -4.91. The van der Waals surface area contributed by atoms with Gasteiger partial charge in [-0.15, -0.1) is 12.4 Å². The first kappa shape index (κ1) is 21.6. The summed E-state index contributed by atoms with van der Waals surface area (Å²) in [6.45, 7) is 1.44. The highest BCUT2D eigenvalue weighted by molar-refractivity contribution is 7.89. The third-order valence-electron chi connectivity index (χ3n) is 2.72. The molecule has 0 fully saturated rings. The molecule has 23 heavy (non-hydrogen) atoms. The van der Waals surface area contributed by atoms with Crippen molar-refractivity contribution < 1.29 is 31.1 Å². The number of sulfonamides is 1. The number of halogens is 4. The molecule has 0 radical (unpaired) electrons. The van der Waals surface area contributed by atoms with Crippen LogP contribution in [0, 0.1) is 0 Å². The van der Waals surface area contributed by atoms with Crippen LogP contribution in [-0.4, -0.2) is 34.1 Å². The van der Waals surface area contributed by atoms with Gasteiger partial charge >= 0.3 is 12.1 Å². The first-order valence-corrected chi connectivity index (χ1v) is 7.53. The average molecular weight is 377 g/mol. The van der Waals surface area contributed by atoms with E-state index in [4.69, 9.17) is 5.73 Å². The lowest BCUT2D eigenvalue weighted by atomic mass is 10.1. The Morgan fingerprint density at radius 1 is 1.39 bits per heavy atom. The lowest BCUT2D eigenvalue weighted by Gasteiger charge is -2.15. The Hall–Kier alpha value is -1.36. The molecule has 0 spiro atoms. The molecule has 1 aromatic rings. The molecule has 0 aliphatic rings. The van der Waals surface area contributed by atoms with Crippen molar-refractivity contribution in [2.45, 2.75) is 24.0 Å². The van der Waals surface area contributed by atoms with Gasteiger partial charge in [-0.3, -0.25) is 0 Å². The quantitative estimate of drug-likeness (QED) is 0.759. The van der Waals surface area contributed by atoms with Gasteiger partial charge in [0.1, 0.15) is 0 Å². The molecule has 0 bridgehead atoms. The van der Waals surface area contributed by atoms with Crippen LogP contribution in [0.25, 0.3) is 0 Å². The van der Waals surface area contributed by atoms with E-state index in [2.05, 4.69) is 9.46 Å². The van der Waals surface area contributed by atoms with Crippen molar-refractivity contribution >= 4 is 28.4 Å². The number of benzene rings is 1. The first-order valence-electron chi connectivity index (χ1n) is 6.05. The molecule has 11 heteroatoms. The number of hydrogen-bond donors (Lipinski definition) is 2. The Morgan fingerprint density at radius 2 is 1.96 bits per heavy atom. The second-order valence-corrected chi connectivity index (χ2v) is 6.17. The SMILES string of the molecule is COC(=O)c1ccc(S(=O)(=O)N[C@@H](C)CN)cc1C(F)(F)F.Cl. The number of alkyl halides is 3. The van der Waals surface area contributed by atoms with Crippen LogP contribution in [0.5, 0.6) is 0 Å². The number of rotatable bonds is 5. The summed E-state index contributed by atoms with van der Waals surface area (Å²) < 4.78 is 69.3. The lowest BCUT2D eigenvalue weighted by Crippen LogP contribution is -2.37. The molecule has 0 aliphatic carbocycles. The van der Waals surface area contributed by atoms with Gasteiger partial charge in [-0.05, 0) is 25.1 Å². The zero-order valence-corrected chi connectivity index (χ0v) is 13.8. The Kier molecular flexibility index (Phi) is 7.48. The summed E-state index contributed by atoms with van der Waals surface area (Å²) in [6, 6.07) is 1.39. The molecule has 0 heterocycles. The molecule has 3 N–H and O–H groups in total. The number of carbonyl (C=O) groups is 1. The highest BCUT2D eigenvalue weighted by atomic mass is 35.5. The van der Waals surface area contributed by atoms with Crippen molar-refractivity contribution in [1.29, 1.82) is 0 Å². The van der Waals surface area contributed by atoms with Gasteiger partial charge < -0.3 is 10.5 Å². The van der Waals surface area contributed by atoms with Crippen molar-refractivity contribution in [2.75, 3.05) is 13.7 Å². The molecular weight excluding hydrogens is 361 g/mol. The second kappa shape index (κ2) is 7.95. The van der Waals surface area contributed by atoms with E-state index >= 15 is 0 Å². The van der Waals surface area contributed by atoms with Gasteiger partial charge in [-0.25, -0.2) is 17.9 Å². The lowest BCUT2D eigenvalue weighted by molar-refractivity contribution is -0.138. The molecule has 0 aromatic heterocycles. The molecule has 0 aliphatic heterocycles. The van der Waals surface area contributed by atoms with Gasteiger partial charge in [0.15, 0.2) is 0 Å². The van der Waals surface area contributed by atoms with E-state index in [1.54, 1.807) is 0 Å². The molecule has 1 aromatic carbocycles. The summed E-state index contributed by atoms with van der Waals surface area (Å²) in [5.74, 6) is -1.21. The van der Waals surface area contributed by atoms with Crippen molar-refractivity contribution in [1.82, 2.24) is 4.72 Å². The summed E-state index contributed by atoms with van der Waals surface area (Å²) in [5, 5.41) is 0. The zero-order valence-electron chi connectivity index (χ0n) is 12.2. The molecule has 1 atom stereocenters. The van der Waals surface area contributed by atoms with Crippen molar-refractivity contribution in [3.8, 4) is 0 Å². The maximum absolute atomic E-state index is 13.0. The minimum absolute atomic E-state index is 0. The van der Waals surface area contributed by atoms with Gasteiger partial charge in [0.2, 0.25) is 10.0 Å². The molecule has 0 saturated carbocycles. The Labute approximate surface area is 137 Å². The average Bonchev–Trinajstić information content (AvgIpc) is 2.44. The van der Waals surface area contributed by atoms with Gasteiger partial charge in [0.05, 0.1) is 23.1 Å². The second-order valence-electron chi connectivity index (χ2n) is 4.45. The predicted molar refractivity (Wildman–Crippen MR) is 78.9 cm³/mol. The van der Waals surface area contributed by atoms with Crippen molar-refractivity contribution in [2.24, 2.45) is 5.73 Å². The van der Waals surface area contributed by atoms with Gasteiger partial charge in [-0.2, -0.15) is 13.2 Å². The van der Waals surface area contributed by atoms with Crippen LogP contribution in [0.15, 0.2) is 23.1 Å². The van der Waals surface area contributed by atoms with Crippen molar-refractivity contribution in [3.05, 3.63) is 29.3 Å². The summed E-state index contributed by atoms with van der Waals surface area (Å²) in [4.78, 5) is 10.7. The van der Waals surface area contributed by atoms with Gasteiger partial charge in [0.25, 0.3) is 0 Å². The van der Waals surface area contributed by atoms with E-state index in [0.29, 0.717) is 6.07 Å². The van der Waals surface area contributed by atoms with E-state index in [-0.39, 0.29) is 19.0 Å². The zero-order chi connectivity index (χ0) is 17.1. The van der Waals surface area contributed by atoms with Crippen molar-refractivity contribution in [3.63, 3.8) is 0 Å². The Balaban J connectivity index is 0.00000484. The molecule has 0 amide bonds. The Bertz CT molecular complexity index is 665. The highest BCUT2D eigenvalue weighted by Crippen LogP contribution is 2.34. The van der Waals surface area contributed by atoms with E-state index in [1.807, 2.05) is 0 Å². The molecule has 0 saturated heterocycles. The monoisotopic (exact) mass is 376 g/mol. The highest BCUT2D eigenvalue weighted by Gasteiger charge is 2.37. The van der Waals surface area contributed by atoms with E-state index in [0.717, 1.165) is 19.2 Å². The number of esters is 1. The van der Waals surface area contributed by atoms with Crippen LogP contribution in [0.2, 0.25) is 0 Å². The summed E-state index contributed by atoms with van der Waals surface area (Å²) >= 11 is 0. The summed E-state index contributed by atoms with van der Waals surface area (Å²) in [7, 11) is -3.26. The number of ether oxygens (including phenoxy) is 1. The normalized spacial score (nSPS) is 13.1. The largest absolute Gasteiger partial charge is 0.465 e. The predicted octanol–water partition coefficient (Wildman–Crippen LogP) is 1.54. The third kappa shape index (κ3) is 5.34. The topological polar surface area (TPSA) is 98.5 Å². The van der Waals surface area contributed by atoms with E-state index in [9.17, 15) is 26.4 Å². The fraction of sp³-hybridized carbons (Fsp3) is 0.417. The first-order chi connectivity index (χ1) is 10.0. The number of methoxy groups -OCH3 is 1. The van der Waals surface area contributed by atoms with E-state index in [1.165, 1.54) is 6.92 Å². The Morgan fingerprint density at radius 3 is 2.39 bits per heavy atom. The van der Waals surface area contributed by atoms with Crippen LogP contribution in [0.1, 0.15) is 22.8 Å². The molecule has 1 rings (SSSR count). The smallest absolute Gasteiger partial charge is 0.417 e. The molecule has 0 unspecified atom stereocenters. The van der Waals surface area contributed by atoms with Gasteiger partial charge in [0, 0.05) is 12.6 Å². The van der Waals surface area contributed by atoms with Crippen LogP contribution < -0.4 is 10.5 Å². The molecule has 132 valence electrons. The minimum Gasteiger partial charge on any atom is -0.465 e. The fourth-order valence-electron chi connectivity index (χ4n) is 1.59. The fourth-order valence-corrected chi connectivity index (χ4v) is 2.88. The van der Waals surface area contributed by atoms with Crippen LogP contribution in [0.3, 0.4) is 0 Å². The minimum atomic E-state index is -4.91. The maximum Gasteiger partial charge on any atom is 0.417 e. The van der Waals surface area contributed by atoms with Crippen LogP contribution in [0.4, 0.5) is 13.2 Å². The molecular formula is C12H16ClF3N2O4S. The summed E-state index contributed by atoms with van der Waals surface area (Å²) in [5.41, 5.74) is 3.12. The standard InChI is InChI=1S/C12H15F3N2O4S.ClH/c1-7(6-16)17-22(19,20)8-3-4-9(11(18)21-2)10(5-8)12(13,14)15;/h3-5,7,17H,6,16H2,1-2H3;1H/t7-;/m0./s1. The number of carbonyl (C=O) groups excluding carboxylic acids is 1. The van der Waals surface area contributed by atoms with Gasteiger partial charge in [-0.1, -0.05) is 0 Å². The molecule has 6 nitrogen and oxygen atoms in total. The number of hydrogen-bond acceptors (Lipinski definition) is 5. The van der Waals surface area contributed by atoms with Crippen LogP contribution >= 0.6 is 12.4 Å². The maximum atomic E-state index is 13.0. The third-order valence-corrected chi connectivity index (χ3v) is 4.31. The van der Waals surface area contributed by atoms with Crippen LogP contribution in [-0.2, 0) is 20.9 Å². The number of nitrogens with two attached hydrogens (primary N) is 1.